The van der Waals surface area contributed by atoms with Crippen molar-refractivity contribution in [1.82, 2.24) is 0 Å². The van der Waals surface area contributed by atoms with Crippen molar-refractivity contribution in [2.75, 3.05) is 13.7 Å². The zero-order valence-corrected chi connectivity index (χ0v) is 12.9. The maximum atomic E-state index is 9.23. The lowest BCUT2D eigenvalue weighted by Crippen LogP contribution is -2.03. The summed E-state index contributed by atoms with van der Waals surface area (Å²) in [6.45, 7) is 0.534. The molecular formula is C16H17BrO3. The maximum Gasteiger partial charge on any atom is 0.162 e. The lowest BCUT2D eigenvalue weighted by atomic mass is 10.2. The molecule has 0 heterocycles. The van der Waals surface area contributed by atoms with Gasteiger partial charge in [-0.2, -0.15) is 0 Å². The van der Waals surface area contributed by atoms with Crippen molar-refractivity contribution in [3.05, 3.63) is 58.1 Å². The molecule has 0 aromatic heterocycles. The largest absolute Gasteiger partial charge is 0.493 e. The van der Waals surface area contributed by atoms with Crippen molar-refractivity contribution >= 4 is 15.9 Å². The third kappa shape index (κ3) is 3.74. The smallest absolute Gasteiger partial charge is 0.162 e. The number of aliphatic hydroxyl groups excluding tert-OH is 1. The number of benzene rings is 2. The number of hydrogen-bond acceptors (Lipinski definition) is 3. The fourth-order valence-electron chi connectivity index (χ4n) is 1.89. The van der Waals surface area contributed by atoms with Gasteiger partial charge in [0.25, 0.3) is 0 Å². The minimum Gasteiger partial charge on any atom is -0.493 e. The summed E-state index contributed by atoms with van der Waals surface area (Å²) in [5, 5.41) is 9.23. The van der Waals surface area contributed by atoms with E-state index in [0.29, 0.717) is 18.1 Å². The van der Waals surface area contributed by atoms with Gasteiger partial charge in [-0.3, -0.25) is 0 Å². The number of methoxy groups -OCH3 is 1. The molecule has 0 atom stereocenters. The summed E-state index contributed by atoms with van der Waals surface area (Å²) in [5.74, 6) is 1.30. The highest BCUT2D eigenvalue weighted by molar-refractivity contribution is 9.10. The Morgan fingerprint density at radius 3 is 2.50 bits per heavy atom. The van der Waals surface area contributed by atoms with Gasteiger partial charge < -0.3 is 14.6 Å². The van der Waals surface area contributed by atoms with Gasteiger partial charge in [-0.15, -0.1) is 0 Å². The number of halogens is 1. The van der Waals surface area contributed by atoms with E-state index >= 15 is 0 Å². The van der Waals surface area contributed by atoms with Crippen LogP contribution in [0.1, 0.15) is 11.1 Å². The fraction of sp³-hybridized carbons (Fsp3) is 0.250. The van der Waals surface area contributed by atoms with Gasteiger partial charge in [-0.05, 0) is 23.3 Å². The summed E-state index contributed by atoms with van der Waals surface area (Å²) in [6.07, 6.45) is 0.837. The Morgan fingerprint density at radius 1 is 1.10 bits per heavy atom. The first kappa shape index (κ1) is 14.9. The van der Waals surface area contributed by atoms with E-state index < -0.39 is 0 Å². The molecule has 20 heavy (non-hydrogen) atoms. The minimum absolute atomic E-state index is 0.0404. The second-order valence-corrected chi connectivity index (χ2v) is 5.19. The van der Waals surface area contributed by atoms with E-state index in [1.165, 1.54) is 5.56 Å². The third-order valence-corrected chi connectivity index (χ3v) is 3.73. The standard InChI is InChI=1S/C16H17BrO3/c1-19-15-9-13(11-18)14(17)10-16(15)20-8-7-12-5-3-2-4-6-12/h2-6,9-10,18H,7-8,11H2,1H3. The lowest BCUT2D eigenvalue weighted by molar-refractivity contribution is 0.276. The highest BCUT2D eigenvalue weighted by Crippen LogP contribution is 2.33. The van der Waals surface area contributed by atoms with Gasteiger partial charge >= 0.3 is 0 Å². The van der Waals surface area contributed by atoms with Crippen LogP contribution >= 0.6 is 15.9 Å². The lowest BCUT2D eigenvalue weighted by Gasteiger charge is -2.13. The molecule has 2 rings (SSSR count). The Kier molecular flexibility index (Phi) is 5.44. The van der Waals surface area contributed by atoms with Crippen molar-refractivity contribution < 1.29 is 14.6 Å². The van der Waals surface area contributed by atoms with Crippen molar-refractivity contribution in [3.8, 4) is 11.5 Å². The molecule has 0 bridgehead atoms. The topological polar surface area (TPSA) is 38.7 Å². The van der Waals surface area contributed by atoms with Crippen molar-refractivity contribution in [2.24, 2.45) is 0 Å². The van der Waals surface area contributed by atoms with Crippen LogP contribution in [0.5, 0.6) is 11.5 Å². The van der Waals surface area contributed by atoms with Gasteiger partial charge in [0.2, 0.25) is 0 Å². The zero-order valence-electron chi connectivity index (χ0n) is 11.3. The van der Waals surface area contributed by atoms with E-state index in [0.717, 1.165) is 16.5 Å². The first-order chi connectivity index (χ1) is 9.74. The minimum atomic E-state index is -0.0404. The fourth-order valence-corrected chi connectivity index (χ4v) is 2.34. The molecule has 0 aliphatic heterocycles. The van der Waals surface area contributed by atoms with E-state index in [1.807, 2.05) is 24.3 Å². The van der Waals surface area contributed by atoms with Gasteiger partial charge in [-0.25, -0.2) is 0 Å². The molecule has 106 valence electrons. The monoisotopic (exact) mass is 336 g/mol. The Labute approximate surface area is 127 Å². The molecule has 0 saturated carbocycles. The second kappa shape index (κ2) is 7.31. The van der Waals surface area contributed by atoms with E-state index in [4.69, 9.17) is 9.47 Å². The molecule has 0 aliphatic rings. The first-order valence-corrected chi connectivity index (χ1v) is 7.18. The Morgan fingerprint density at radius 2 is 1.85 bits per heavy atom. The predicted octanol–water partition coefficient (Wildman–Crippen LogP) is 3.57. The third-order valence-electron chi connectivity index (χ3n) is 2.99. The highest BCUT2D eigenvalue weighted by atomic mass is 79.9. The average molecular weight is 337 g/mol. The second-order valence-electron chi connectivity index (χ2n) is 4.34. The number of rotatable bonds is 6. The predicted molar refractivity (Wildman–Crippen MR) is 82.3 cm³/mol. The summed E-state index contributed by atoms with van der Waals surface area (Å²) in [7, 11) is 1.59. The van der Waals surface area contributed by atoms with E-state index in [9.17, 15) is 5.11 Å². The summed E-state index contributed by atoms with van der Waals surface area (Å²) < 4.78 is 11.9. The summed E-state index contributed by atoms with van der Waals surface area (Å²) >= 11 is 3.41. The van der Waals surface area contributed by atoms with Crippen molar-refractivity contribution in [3.63, 3.8) is 0 Å². The highest BCUT2D eigenvalue weighted by Gasteiger charge is 2.09. The molecule has 0 fully saturated rings. The van der Waals surface area contributed by atoms with Crippen LogP contribution in [-0.4, -0.2) is 18.8 Å². The molecule has 3 nitrogen and oxygen atoms in total. The van der Waals surface area contributed by atoms with Gasteiger partial charge in [0.1, 0.15) is 0 Å². The van der Waals surface area contributed by atoms with Crippen LogP contribution in [0.4, 0.5) is 0 Å². The van der Waals surface area contributed by atoms with Gasteiger partial charge in [0.15, 0.2) is 11.5 Å². The van der Waals surface area contributed by atoms with Gasteiger partial charge in [0, 0.05) is 10.9 Å². The van der Waals surface area contributed by atoms with Crippen molar-refractivity contribution in [1.29, 1.82) is 0 Å². The number of hydrogen-bond donors (Lipinski definition) is 1. The van der Waals surface area contributed by atoms with Gasteiger partial charge in [-0.1, -0.05) is 46.3 Å². The van der Waals surface area contributed by atoms with Crippen molar-refractivity contribution in [2.45, 2.75) is 13.0 Å². The van der Waals surface area contributed by atoms with Crippen LogP contribution in [0.15, 0.2) is 46.9 Å². The summed E-state index contributed by atoms with van der Waals surface area (Å²) in [4.78, 5) is 0. The SMILES string of the molecule is COc1cc(CO)c(Br)cc1OCCc1ccccc1. The maximum absolute atomic E-state index is 9.23. The molecule has 0 spiro atoms. The molecule has 0 amide bonds. The first-order valence-electron chi connectivity index (χ1n) is 6.38. The van der Waals surface area contributed by atoms with Crippen LogP contribution in [-0.2, 0) is 13.0 Å². The Balaban J connectivity index is 2.03. The average Bonchev–Trinajstić information content (AvgIpc) is 2.48. The molecular weight excluding hydrogens is 320 g/mol. The molecule has 0 radical (unpaired) electrons. The van der Waals surface area contributed by atoms with E-state index in [2.05, 4.69) is 28.1 Å². The molecule has 0 unspecified atom stereocenters. The Hall–Kier alpha value is -1.52. The van der Waals surface area contributed by atoms with Crippen LogP contribution in [0.25, 0.3) is 0 Å². The molecule has 2 aromatic rings. The molecule has 4 heteroatoms. The summed E-state index contributed by atoms with van der Waals surface area (Å²) in [6, 6.07) is 13.8. The number of aliphatic hydroxyl groups is 1. The van der Waals surface area contributed by atoms with E-state index in [1.54, 1.807) is 13.2 Å². The van der Waals surface area contributed by atoms with Gasteiger partial charge in [0.05, 0.1) is 20.3 Å². The zero-order chi connectivity index (χ0) is 14.4. The molecule has 2 aromatic carbocycles. The van der Waals surface area contributed by atoms with Crippen LogP contribution in [0.2, 0.25) is 0 Å². The summed E-state index contributed by atoms with van der Waals surface area (Å²) in [5.41, 5.74) is 2.01. The van der Waals surface area contributed by atoms with Crippen LogP contribution < -0.4 is 9.47 Å². The Bertz CT molecular complexity index is 555. The van der Waals surface area contributed by atoms with E-state index in [-0.39, 0.29) is 6.61 Å². The molecule has 0 aliphatic carbocycles. The molecule has 1 N–H and O–H groups in total. The van der Waals surface area contributed by atoms with Crippen LogP contribution in [0.3, 0.4) is 0 Å². The number of ether oxygens (including phenoxy) is 2. The van der Waals surface area contributed by atoms with Crippen LogP contribution in [0, 0.1) is 0 Å². The normalized spacial score (nSPS) is 10.3. The quantitative estimate of drug-likeness (QED) is 0.876. The molecule has 0 saturated heterocycles.